The van der Waals surface area contributed by atoms with E-state index >= 15 is 0 Å². The maximum absolute atomic E-state index is 13.5. The number of ether oxygens (including phenoxy) is 1. The highest BCUT2D eigenvalue weighted by Gasteiger charge is 2.64. The number of hydrogen-bond acceptors (Lipinski definition) is 5. The molecule has 25 heavy (non-hydrogen) atoms. The van der Waals surface area contributed by atoms with Gasteiger partial charge in [0, 0.05) is 12.8 Å². The maximum atomic E-state index is 13.5. The van der Waals surface area contributed by atoms with Crippen molar-refractivity contribution < 1.29 is 22.9 Å². The third kappa shape index (κ3) is 2.74. The number of rotatable bonds is 4. The highest BCUT2D eigenvalue weighted by atomic mass is 32.2. The smallest absolute Gasteiger partial charge is 0.208 e. The molecule has 6 heteroatoms. The van der Waals surface area contributed by atoms with E-state index in [4.69, 9.17) is 14.5 Å². The van der Waals surface area contributed by atoms with Crippen LogP contribution >= 0.6 is 0 Å². The summed E-state index contributed by atoms with van der Waals surface area (Å²) in [5, 5.41) is 0. The average molecular weight is 366 g/mol. The number of hydrogen-bond donors (Lipinski definition) is 0. The van der Waals surface area contributed by atoms with Crippen LogP contribution in [-0.2, 0) is 24.3 Å². The minimum absolute atomic E-state index is 0.158. The van der Waals surface area contributed by atoms with Crippen molar-refractivity contribution in [2.75, 3.05) is 0 Å². The minimum Gasteiger partial charge on any atom is -0.324 e. The molecule has 1 spiro atoms. The summed E-state index contributed by atoms with van der Waals surface area (Å²) in [6.45, 7) is 2.05. The van der Waals surface area contributed by atoms with Gasteiger partial charge >= 0.3 is 0 Å². The van der Waals surface area contributed by atoms with Gasteiger partial charge in [-0.25, -0.2) is 18.2 Å². The molecule has 3 heterocycles. The van der Waals surface area contributed by atoms with Crippen LogP contribution in [-0.4, -0.2) is 25.2 Å². The SMILES string of the molecule is CCC[C@@]12CC[C@H]3CCCC[C@@]3(OO1)[C@H](S(=O)(=O)c1ccccc1)O2. The Morgan fingerprint density at radius 2 is 1.88 bits per heavy atom. The fourth-order valence-corrected chi connectivity index (χ4v) is 6.68. The van der Waals surface area contributed by atoms with Crippen LogP contribution in [0.25, 0.3) is 0 Å². The lowest BCUT2D eigenvalue weighted by Crippen LogP contribution is -2.61. The molecule has 2 bridgehead atoms. The summed E-state index contributed by atoms with van der Waals surface area (Å²) < 4.78 is 33.2. The van der Waals surface area contributed by atoms with Crippen LogP contribution in [0.4, 0.5) is 0 Å². The van der Waals surface area contributed by atoms with Crippen LogP contribution in [0.2, 0.25) is 0 Å². The van der Waals surface area contributed by atoms with Gasteiger partial charge in [0.1, 0.15) is 5.60 Å². The van der Waals surface area contributed by atoms with Gasteiger partial charge in [-0.15, -0.1) is 0 Å². The molecule has 3 saturated heterocycles. The summed E-state index contributed by atoms with van der Waals surface area (Å²) in [6, 6.07) is 8.59. The summed E-state index contributed by atoms with van der Waals surface area (Å²) in [6.07, 6.45) is 6.73. The molecule has 1 aromatic rings. The van der Waals surface area contributed by atoms with Gasteiger partial charge < -0.3 is 4.74 Å². The molecule has 0 radical (unpaired) electrons. The largest absolute Gasteiger partial charge is 0.324 e. The van der Waals surface area contributed by atoms with E-state index in [9.17, 15) is 8.42 Å². The summed E-state index contributed by atoms with van der Waals surface area (Å²) in [5.74, 6) is -0.782. The fraction of sp³-hybridized carbons (Fsp3) is 0.684. The van der Waals surface area contributed by atoms with E-state index < -0.39 is 26.7 Å². The van der Waals surface area contributed by atoms with E-state index in [0.717, 1.165) is 32.1 Å². The van der Waals surface area contributed by atoms with E-state index in [1.54, 1.807) is 24.3 Å². The molecule has 5 nitrogen and oxygen atoms in total. The lowest BCUT2D eigenvalue weighted by Gasteiger charge is -2.50. The Morgan fingerprint density at radius 3 is 2.64 bits per heavy atom. The molecule has 3 aliphatic heterocycles. The molecular formula is C19H26O5S. The molecule has 1 aromatic carbocycles. The summed E-state index contributed by atoms with van der Waals surface area (Å²) in [4.78, 5) is 12.0. The Hall–Kier alpha value is -0.950. The van der Waals surface area contributed by atoms with E-state index in [1.165, 1.54) is 0 Å². The third-order valence-electron chi connectivity index (χ3n) is 5.99. The Morgan fingerprint density at radius 1 is 1.08 bits per heavy atom. The molecule has 5 rings (SSSR count). The summed E-state index contributed by atoms with van der Waals surface area (Å²) in [5.41, 5.74) is -1.89. The van der Waals surface area contributed by atoms with E-state index in [1.807, 2.05) is 13.0 Å². The molecule has 0 aromatic heterocycles. The van der Waals surface area contributed by atoms with E-state index in [0.29, 0.717) is 24.2 Å². The lowest BCUT2D eigenvalue weighted by atomic mass is 9.74. The monoisotopic (exact) mass is 366 g/mol. The maximum Gasteiger partial charge on any atom is 0.208 e. The molecule has 1 saturated carbocycles. The Bertz CT molecular complexity index is 715. The Kier molecular flexibility index (Phi) is 4.43. The zero-order chi connectivity index (χ0) is 17.5. The van der Waals surface area contributed by atoms with Crippen molar-refractivity contribution in [3.05, 3.63) is 30.3 Å². The van der Waals surface area contributed by atoms with Gasteiger partial charge in [-0.1, -0.05) is 44.4 Å². The minimum atomic E-state index is -3.68. The normalized spacial score (nSPS) is 38.1. The van der Waals surface area contributed by atoms with Crippen LogP contribution in [0.3, 0.4) is 0 Å². The summed E-state index contributed by atoms with van der Waals surface area (Å²) in [7, 11) is -3.68. The average Bonchev–Trinajstić information content (AvgIpc) is 2.88. The van der Waals surface area contributed by atoms with Crippen molar-refractivity contribution in [1.82, 2.24) is 0 Å². The third-order valence-corrected chi connectivity index (χ3v) is 7.98. The molecule has 138 valence electrons. The van der Waals surface area contributed by atoms with Gasteiger partial charge in [0.05, 0.1) is 4.90 Å². The van der Waals surface area contributed by atoms with Crippen molar-refractivity contribution in [3.8, 4) is 0 Å². The van der Waals surface area contributed by atoms with Gasteiger partial charge in [0.15, 0.2) is 5.44 Å². The molecule has 0 N–H and O–H groups in total. The number of fused-ring (bicyclic) bond motifs is 3. The lowest BCUT2D eigenvalue weighted by molar-refractivity contribution is -0.519. The molecule has 0 unspecified atom stereocenters. The quantitative estimate of drug-likeness (QED) is 0.754. The predicted octanol–water partition coefficient (Wildman–Crippen LogP) is 3.98. The van der Waals surface area contributed by atoms with Gasteiger partial charge in [0.25, 0.3) is 0 Å². The predicted molar refractivity (Wildman–Crippen MR) is 92.2 cm³/mol. The summed E-state index contributed by atoms with van der Waals surface area (Å²) >= 11 is 0. The second-order valence-corrected chi connectivity index (χ2v) is 9.56. The second kappa shape index (κ2) is 6.34. The van der Waals surface area contributed by atoms with Crippen LogP contribution in [0.5, 0.6) is 0 Å². The van der Waals surface area contributed by atoms with Crippen LogP contribution < -0.4 is 0 Å². The van der Waals surface area contributed by atoms with Crippen molar-refractivity contribution in [1.29, 1.82) is 0 Å². The second-order valence-electron chi connectivity index (χ2n) is 7.57. The van der Waals surface area contributed by atoms with E-state index in [2.05, 4.69) is 0 Å². The highest BCUT2D eigenvalue weighted by molar-refractivity contribution is 7.92. The Labute approximate surface area is 149 Å². The molecule has 4 aliphatic rings. The molecule has 1 aliphatic carbocycles. The standard InChI is InChI=1S/C19H26O5S/c1-2-12-18-14-11-15-8-6-7-13-19(15,24-23-18)17(22-18)25(20,21)16-9-4-3-5-10-16/h3-5,9-10,15,17H,2,6-8,11-14H2,1H3/t15-,17+,18+,19+/m1/s1. The highest BCUT2D eigenvalue weighted by Crippen LogP contribution is 2.54. The van der Waals surface area contributed by atoms with Gasteiger partial charge in [-0.05, 0) is 37.3 Å². The fourth-order valence-electron chi connectivity index (χ4n) is 4.72. The van der Waals surface area contributed by atoms with Gasteiger partial charge in [0.2, 0.25) is 15.6 Å². The van der Waals surface area contributed by atoms with Crippen molar-refractivity contribution >= 4 is 9.84 Å². The number of sulfone groups is 1. The first-order valence-corrected chi connectivity index (χ1v) is 10.9. The van der Waals surface area contributed by atoms with Gasteiger partial charge in [-0.3, -0.25) is 0 Å². The van der Waals surface area contributed by atoms with Crippen molar-refractivity contribution in [2.24, 2.45) is 5.92 Å². The van der Waals surface area contributed by atoms with Gasteiger partial charge in [-0.2, -0.15) is 0 Å². The molecule has 4 atom stereocenters. The first kappa shape index (κ1) is 17.5. The van der Waals surface area contributed by atoms with Crippen LogP contribution in [0, 0.1) is 5.92 Å². The zero-order valence-electron chi connectivity index (χ0n) is 14.6. The molecular weight excluding hydrogens is 340 g/mol. The number of benzene rings is 1. The van der Waals surface area contributed by atoms with Crippen LogP contribution in [0.15, 0.2) is 35.2 Å². The zero-order valence-corrected chi connectivity index (χ0v) is 15.5. The first-order valence-electron chi connectivity index (χ1n) is 9.36. The topological polar surface area (TPSA) is 61.8 Å². The van der Waals surface area contributed by atoms with Crippen LogP contribution in [0.1, 0.15) is 58.3 Å². The van der Waals surface area contributed by atoms with Crippen molar-refractivity contribution in [2.45, 2.75) is 80.0 Å². The molecule has 4 fully saturated rings. The first-order chi connectivity index (χ1) is 12.0. The van der Waals surface area contributed by atoms with E-state index in [-0.39, 0.29) is 5.92 Å². The Balaban J connectivity index is 1.81. The molecule has 0 amide bonds. The van der Waals surface area contributed by atoms with Crippen molar-refractivity contribution in [3.63, 3.8) is 0 Å².